The van der Waals surface area contributed by atoms with Crippen LogP contribution < -0.4 is 16.0 Å². The summed E-state index contributed by atoms with van der Waals surface area (Å²) in [6.07, 6.45) is 1.91. The molecule has 0 saturated carbocycles. The summed E-state index contributed by atoms with van der Waals surface area (Å²) in [5.74, 6) is 0.997. The highest BCUT2D eigenvalue weighted by Crippen LogP contribution is 2.28. The smallest absolute Gasteiger partial charge is 0.129 e. The van der Waals surface area contributed by atoms with Crippen LogP contribution in [-0.4, -0.2) is 26.1 Å². The van der Waals surface area contributed by atoms with Gasteiger partial charge >= 0.3 is 0 Å². The third kappa shape index (κ3) is 1.24. The van der Waals surface area contributed by atoms with E-state index in [0.29, 0.717) is 0 Å². The van der Waals surface area contributed by atoms with E-state index in [0.717, 1.165) is 17.2 Å². The molecule has 0 aliphatic carbocycles. The number of aromatic amines is 1. The molecule has 1 rings (SSSR count). The largest absolute Gasteiger partial charge is 0.385 e. The first-order valence-corrected chi connectivity index (χ1v) is 3.58. The number of hydrogen-bond donors (Lipinski definition) is 4. The Morgan fingerprint density at radius 2 is 1.82 bits per heavy atom. The second-order valence-corrected chi connectivity index (χ2v) is 2.20. The molecule has 4 N–H and O–H groups in total. The van der Waals surface area contributed by atoms with Gasteiger partial charge in [-0.25, -0.2) is 0 Å². The standard InChI is InChI=1S/C7H14N4/c1-8-5-4-11-7(10-3)6(5)9-2/h4,8-11H,1-3H3. The van der Waals surface area contributed by atoms with Crippen LogP contribution in [-0.2, 0) is 0 Å². The summed E-state index contributed by atoms with van der Waals surface area (Å²) >= 11 is 0. The topological polar surface area (TPSA) is 51.9 Å². The normalized spacial score (nSPS) is 9.36. The first kappa shape index (κ1) is 7.78. The van der Waals surface area contributed by atoms with Gasteiger partial charge in [-0.2, -0.15) is 0 Å². The van der Waals surface area contributed by atoms with E-state index in [1.165, 1.54) is 0 Å². The average Bonchev–Trinajstić information content (AvgIpc) is 2.45. The molecule has 0 fully saturated rings. The van der Waals surface area contributed by atoms with Gasteiger partial charge in [0.1, 0.15) is 5.82 Å². The number of anilines is 3. The van der Waals surface area contributed by atoms with Crippen LogP contribution in [0.3, 0.4) is 0 Å². The lowest BCUT2D eigenvalue weighted by Gasteiger charge is -2.04. The minimum atomic E-state index is 0.997. The van der Waals surface area contributed by atoms with Gasteiger partial charge in [0.05, 0.1) is 11.4 Å². The zero-order chi connectivity index (χ0) is 8.27. The molecule has 0 aliphatic rings. The Hall–Kier alpha value is -1.32. The molecule has 1 heterocycles. The Balaban J connectivity index is 2.99. The lowest BCUT2D eigenvalue weighted by molar-refractivity contribution is 1.34. The fourth-order valence-corrected chi connectivity index (χ4v) is 1.08. The van der Waals surface area contributed by atoms with Gasteiger partial charge in [-0.05, 0) is 0 Å². The minimum absolute atomic E-state index is 0.997. The quantitative estimate of drug-likeness (QED) is 0.528. The number of aromatic nitrogens is 1. The first-order valence-electron chi connectivity index (χ1n) is 3.58. The summed E-state index contributed by atoms with van der Waals surface area (Å²) in [7, 11) is 5.67. The predicted molar refractivity (Wildman–Crippen MR) is 49.4 cm³/mol. The van der Waals surface area contributed by atoms with Gasteiger partial charge in [0.25, 0.3) is 0 Å². The van der Waals surface area contributed by atoms with Gasteiger partial charge in [-0.15, -0.1) is 0 Å². The molecule has 62 valence electrons. The highest BCUT2D eigenvalue weighted by Gasteiger charge is 2.05. The Morgan fingerprint density at radius 3 is 2.27 bits per heavy atom. The summed E-state index contributed by atoms with van der Waals surface area (Å²) in [6.45, 7) is 0. The highest BCUT2D eigenvalue weighted by atomic mass is 15.1. The van der Waals surface area contributed by atoms with Gasteiger partial charge in [0, 0.05) is 27.3 Å². The second kappa shape index (κ2) is 3.18. The lowest BCUT2D eigenvalue weighted by atomic mass is 10.4. The van der Waals surface area contributed by atoms with Crippen molar-refractivity contribution in [2.24, 2.45) is 0 Å². The zero-order valence-corrected chi connectivity index (χ0v) is 7.08. The van der Waals surface area contributed by atoms with Crippen molar-refractivity contribution in [3.05, 3.63) is 6.20 Å². The molecule has 0 unspecified atom stereocenters. The molecule has 0 aliphatic heterocycles. The molecule has 0 bridgehead atoms. The van der Waals surface area contributed by atoms with Crippen molar-refractivity contribution in [1.29, 1.82) is 0 Å². The van der Waals surface area contributed by atoms with E-state index in [1.807, 2.05) is 27.3 Å². The van der Waals surface area contributed by atoms with Gasteiger partial charge in [0.2, 0.25) is 0 Å². The monoisotopic (exact) mass is 154 g/mol. The third-order valence-electron chi connectivity index (χ3n) is 1.65. The molecular weight excluding hydrogens is 140 g/mol. The Bertz CT molecular complexity index is 207. The fourth-order valence-electron chi connectivity index (χ4n) is 1.08. The van der Waals surface area contributed by atoms with Crippen LogP contribution in [0.4, 0.5) is 17.2 Å². The maximum Gasteiger partial charge on any atom is 0.129 e. The van der Waals surface area contributed by atoms with Crippen LogP contribution in [0.25, 0.3) is 0 Å². The number of H-pyrrole nitrogens is 1. The van der Waals surface area contributed by atoms with Crippen molar-refractivity contribution in [2.75, 3.05) is 37.1 Å². The van der Waals surface area contributed by atoms with Crippen LogP contribution in [0.1, 0.15) is 0 Å². The molecule has 4 heteroatoms. The van der Waals surface area contributed by atoms with E-state index >= 15 is 0 Å². The van der Waals surface area contributed by atoms with E-state index in [1.54, 1.807) is 0 Å². The molecule has 0 aromatic carbocycles. The summed E-state index contributed by atoms with van der Waals surface area (Å²) in [4.78, 5) is 3.09. The molecule has 0 radical (unpaired) electrons. The summed E-state index contributed by atoms with van der Waals surface area (Å²) in [5, 5.41) is 9.20. The molecule has 1 aromatic rings. The maximum absolute atomic E-state index is 3.09. The summed E-state index contributed by atoms with van der Waals surface area (Å²) in [6, 6.07) is 0. The molecule has 1 aromatic heterocycles. The SMILES string of the molecule is CNc1c[nH]c(NC)c1NC. The summed E-state index contributed by atoms with van der Waals surface area (Å²) in [5.41, 5.74) is 2.13. The van der Waals surface area contributed by atoms with Crippen molar-refractivity contribution in [1.82, 2.24) is 4.98 Å². The molecule has 11 heavy (non-hydrogen) atoms. The van der Waals surface area contributed by atoms with Gasteiger partial charge in [0.15, 0.2) is 0 Å². The van der Waals surface area contributed by atoms with Crippen molar-refractivity contribution >= 4 is 17.2 Å². The van der Waals surface area contributed by atoms with Crippen molar-refractivity contribution in [3.8, 4) is 0 Å². The van der Waals surface area contributed by atoms with Crippen LogP contribution in [0.5, 0.6) is 0 Å². The van der Waals surface area contributed by atoms with E-state index < -0.39 is 0 Å². The number of nitrogens with one attached hydrogen (secondary N) is 4. The van der Waals surface area contributed by atoms with Gasteiger partial charge < -0.3 is 20.9 Å². The van der Waals surface area contributed by atoms with E-state index in [2.05, 4.69) is 20.9 Å². The van der Waals surface area contributed by atoms with E-state index in [4.69, 9.17) is 0 Å². The predicted octanol–water partition coefficient (Wildman–Crippen LogP) is 1.14. The van der Waals surface area contributed by atoms with Crippen molar-refractivity contribution < 1.29 is 0 Å². The molecule has 4 nitrogen and oxygen atoms in total. The van der Waals surface area contributed by atoms with Crippen LogP contribution in [0.2, 0.25) is 0 Å². The Labute approximate surface area is 66.4 Å². The van der Waals surface area contributed by atoms with Crippen molar-refractivity contribution in [3.63, 3.8) is 0 Å². The Morgan fingerprint density at radius 1 is 1.09 bits per heavy atom. The molecule has 0 saturated heterocycles. The Kier molecular flexibility index (Phi) is 2.25. The van der Waals surface area contributed by atoms with Gasteiger partial charge in [-0.3, -0.25) is 0 Å². The number of hydrogen-bond acceptors (Lipinski definition) is 3. The van der Waals surface area contributed by atoms with Gasteiger partial charge in [-0.1, -0.05) is 0 Å². The highest BCUT2D eigenvalue weighted by molar-refractivity contribution is 5.80. The van der Waals surface area contributed by atoms with E-state index in [9.17, 15) is 0 Å². The molecular formula is C7H14N4. The molecule has 0 atom stereocenters. The summed E-state index contributed by atoms with van der Waals surface area (Å²) < 4.78 is 0. The lowest BCUT2D eigenvalue weighted by Crippen LogP contribution is -1.96. The van der Waals surface area contributed by atoms with Crippen LogP contribution in [0, 0.1) is 0 Å². The third-order valence-corrected chi connectivity index (χ3v) is 1.65. The van der Waals surface area contributed by atoms with Crippen molar-refractivity contribution in [2.45, 2.75) is 0 Å². The zero-order valence-electron chi connectivity index (χ0n) is 7.08. The second-order valence-electron chi connectivity index (χ2n) is 2.20. The molecule has 0 spiro atoms. The fraction of sp³-hybridized carbons (Fsp3) is 0.429. The first-order chi connectivity index (χ1) is 5.33. The molecule has 0 amide bonds. The van der Waals surface area contributed by atoms with E-state index in [-0.39, 0.29) is 0 Å². The maximum atomic E-state index is 3.09. The average molecular weight is 154 g/mol. The van der Waals surface area contributed by atoms with Crippen LogP contribution in [0.15, 0.2) is 6.20 Å². The van der Waals surface area contributed by atoms with Crippen LogP contribution >= 0.6 is 0 Å². The number of rotatable bonds is 3. The minimum Gasteiger partial charge on any atom is -0.385 e.